The Morgan fingerprint density at radius 2 is 2.04 bits per heavy atom. The minimum absolute atomic E-state index is 0.123. The summed E-state index contributed by atoms with van der Waals surface area (Å²) < 4.78 is 5.05. The molecule has 25 heavy (non-hydrogen) atoms. The molecule has 0 aliphatic rings. The lowest BCUT2D eigenvalue weighted by atomic mass is 10.0. The van der Waals surface area contributed by atoms with Gasteiger partial charge in [0.15, 0.2) is 0 Å². The number of nitrogens with one attached hydrogen (secondary N) is 1. The van der Waals surface area contributed by atoms with Crippen molar-refractivity contribution in [1.82, 2.24) is 10.3 Å². The van der Waals surface area contributed by atoms with E-state index in [-0.39, 0.29) is 19.6 Å². The predicted octanol–water partition coefficient (Wildman–Crippen LogP) is 1.66. The lowest BCUT2D eigenvalue weighted by Crippen LogP contribution is -2.29. The summed E-state index contributed by atoms with van der Waals surface area (Å²) in [6.45, 7) is 0.293. The Kier molecular flexibility index (Phi) is 6.89. The third kappa shape index (κ3) is 5.88. The van der Waals surface area contributed by atoms with Crippen molar-refractivity contribution in [3.8, 4) is 6.07 Å². The van der Waals surface area contributed by atoms with Crippen LogP contribution in [0.4, 0.5) is 4.79 Å². The van der Waals surface area contributed by atoms with E-state index in [0.29, 0.717) is 11.1 Å². The maximum absolute atomic E-state index is 11.6. The number of aliphatic hydroxyl groups excluding tert-OH is 2. The van der Waals surface area contributed by atoms with Gasteiger partial charge in [0.05, 0.1) is 11.7 Å². The first-order valence-corrected chi connectivity index (χ1v) is 7.76. The average molecular weight is 341 g/mol. The van der Waals surface area contributed by atoms with Gasteiger partial charge in [-0.3, -0.25) is 4.98 Å². The fraction of sp³-hybridized carbons (Fsp3) is 0.278. The van der Waals surface area contributed by atoms with Crippen LogP contribution < -0.4 is 5.32 Å². The van der Waals surface area contributed by atoms with Crippen LogP contribution >= 0.6 is 0 Å². The van der Waals surface area contributed by atoms with E-state index >= 15 is 0 Å². The van der Waals surface area contributed by atoms with Gasteiger partial charge in [-0.1, -0.05) is 30.3 Å². The molecule has 0 bridgehead atoms. The molecule has 0 fully saturated rings. The molecule has 1 amide bonds. The number of rotatable bonds is 7. The largest absolute Gasteiger partial charge is 0.445 e. The minimum atomic E-state index is -1.19. The third-order valence-corrected chi connectivity index (χ3v) is 3.52. The van der Waals surface area contributed by atoms with Crippen LogP contribution in [0.5, 0.6) is 0 Å². The summed E-state index contributed by atoms with van der Waals surface area (Å²) in [5.74, 6) is 0. The Hall–Kier alpha value is -2.95. The Labute approximate surface area is 145 Å². The van der Waals surface area contributed by atoms with E-state index in [1.165, 1.54) is 18.5 Å². The van der Waals surface area contributed by atoms with E-state index in [9.17, 15) is 15.0 Å². The number of hydrogen-bond acceptors (Lipinski definition) is 6. The highest BCUT2D eigenvalue weighted by atomic mass is 16.5. The van der Waals surface area contributed by atoms with Crippen molar-refractivity contribution in [2.45, 2.75) is 25.2 Å². The Morgan fingerprint density at radius 1 is 1.28 bits per heavy atom. The van der Waals surface area contributed by atoms with Crippen LogP contribution in [0.25, 0.3) is 0 Å². The standard InChI is InChI=1S/C18H19N3O4/c19-9-14-8-15(11-20-10-14)17(23)16(22)6-7-21-18(24)25-12-13-4-2-1-3-5-13/h1-5,8,10-11,16-17,22-23H,6-7,12H2,(H,21,24). The normalized spacial score (nSPS) is 12.7. The van der Waals surface area contributed by atoms with Crippen LogP contribution in [0.3, 0.4) is 0 Å². The zero-order valence-electron chi connectivity index (χ0n) is 13.5. The number of alkyl carbamates (subject to hydrolysis) is 1. The maximum atomic E-state index is 11.6. The third-order valence-electron chi connectivity index (χ3n) is 3.52. The number of carbonyl (C=O) groups is 1. The first-order valence-electron chi connectivity index (χ1n) is 7.76. The lowest BCUT2D eigenvalue weighted by Gasteiger charge is -2.18. The second kappa shape index (κ2) is 9.37. The number of hydrogen-bond donors (Lipinski definition) is 3. The molecule has 2 aromatic rings. The summed E-state index contributed by atoms with van der Waals surface area (Å²) >= 11 is 0. The van der Waals surface area contributed by atoms with Crippen LogP contribution in [-0.2, 0) is 11.3 Å². The molecule has 7 nitrogen and oxygen atoms in total. The molecule has 2 rings (SSSR count). The van der Waals surface area contributed by atoms with Crippen molar-refractivity contribution in [1.29, 1.82) is 5.26 Å². The monoisotopic (exact) mass is 341 g/mol. The van der Waals surface area contributed by atoms with Gasteiger partial charge in [-0.15, -0.1) is 0 Å². The summed E-state index contributed by atoms with van der Waals surface area (Å²) in [5.41, 5.74) is 1.52. The highest BCUT2D eigenvalue weighted by Gasteiger charge is 2.19. The fourth-order valence-electron chi connectivity index (χ4n) is 2.16. The van der Waals surface area contributed by atoms with Gasteiger partial charge in [-0.25, -0.2) is 4.79 Å². The minimum Gasteiger partial charge on any atom is -0.445 e. The zero-order chi connectivity index (χ0) is 18.1. The number of aromatic nitrogens is 1. The van der Waals surface area contributed by atoms with Crippen molar-refractivity contribution in [3.63, 3.8) is 0 Å². The molecule has 0 spiro atoms. The first kappa shape index (κ1) is 18.4. The number of pyridine rings is 1. The van der Waals surface area contributed by atoms with Crippen molar-refractivity contribution in [2.75, 3.05) is 6.54 Å². The molecule has 2 unspecified atom stereocenters. The highest BCUT2D eigenvalue weighted by molar-refractivity contribution is 5.67. The lowest BCUT2D eigenvalue weighted by molar-refractivity contribution is 0.0134. The first-order chi connectivity index (χ1) is 12.1. The number of nitriles is 1. The molecule has 0 aliphatic carbocycles. The molecule has 1 heterocycles. The molecule has 7 heteroatoms. The number of aliphatic hydroxyl groups is 2. The summed E-state index contributed by atoms with van der Waals surface area (Å²) in [6.07, 6.45) is -0.0199. The van der Waals surface area contributed by atoms with E-state index in [1.807, 2.05) is 36.4 Å². The van der Waals surface area contributed by atoms with Gasteiger partial charge < -0.3 is 20.3 Å². The van der Waals surface area contributed by atoms with Crippen LogP contribution in [0.1, 0.15) is 29.2 Å². The second-order valence-electron chi connectivity index (χ2n) is 5.41. The predicted molar refractivity (Wildman–Crippen MR) is 89.2 cm³/mol. The van der Waals surface area contributed by atoms with Crippen molar-refractivity contribution < 1.29 is 19.7 Å². The quantitative estimate of drug-likeness (QED) is 0.705. The number of nitrogens with zero attached hydrogens (tertiary/aromatic N) is 2. The second-order valence-corrected chi connectivity index (χ2v) is 5.41. The molecule has 0 saturated heterocycles. The molecule has 0 saturated carbocycles. The molecule has 130 valence electrons. The molecule has 0 radical (unpaired) electrons. The van der Waals surface area contributed by atoms with Crippen molar-refractivity contribution >= 4 is 6.09 Å². The molecular weight excluding hydrogens is 322 g/mol. The van der Waals surface area contributed by atoms with Crippen molar-refractivity contribution in [2.24, 2.45) is 0 Å². The number of carbonyl (C=O) groups excluding carboxylic acids is 1. The van der Waals surface area contributed by atoms with Gasteiger partial charge in [-0.05, 0) is 18.1 Å². The molecule has 3 N–H and O–H groups in total. The van der Waals surface area contributed by atoms with E-state index in [1.54, 1.807) is 0 Å². The molecule has 1 aromatic carbocycles. The molecule has 0 aliphatic heterocycles. The Balaban J connectivity index is 1.73. The number of benzene rings is 1. The fourth-order valence-corrected chi connectivity index (χ4v) is 2.16. The highest BCUT2D eigenvalue weighted by Crippen LogP contribution is 2.18. The van der Waals surface area contributed by atoms with Gasteiger partial charge in [0, 0.05) is 24.5 Å². The van der Waals surface area contributed by atoms with Crippen LogP contribution in [0.15, 0.2) is 48.8 Å². The van der Waals surface area contributed by atoms with Gasteiger partial charge in [0.25, 0.3) is 0 Å². The average Bonchev–Trinajstić information content (AvgIpc) is 2.66. The van der Waals surface area contributed by atoms with Gasteiger partial charge in [-0.2, -0.15) is 5.26 Å². The molecule has 1 aromatic heterocycles. The summed E-state index contributed by atoms with van der Waals surface area (Å²) in [5, 5.41) is 31.4. The van der Waals surface area contributed by atoms with Gasteiger partial charge >= 0.3 is 6.09 Å². The number of amides is 1. The van der Waals surface area contributed by atoms with Gasteiger partial charge in [0.2, 0.25) is 0 Å². The molecule has 2 atom stereocenters. The van der Waals surface area contributed by atoms with E-state index in [0.717, 1.165) is 5.56 Å². The SMILES string of the molecule is N#Cc1cncc(C(O)C(O)CCNC(=O)OCc2ccccc2)c1. The Morgan fingerprint density at radius 3 is 2.76 bits per heavy atom. The topological polar surface area (TPSA) is 115 Å². The zero-order valence-corrected chi connectivity index (χ0v) is 13.5. The molecular formula is C18H19N3O4. The van der Waals surface area contributed by atoms with E-state index in [2.05, 4.69) is 10.3 Å². The maximum Gasteiger partial charge on any atom is 0.407 e. The van der Waals surface area contributed by atoms with Crippen LogP contribution in [0.2, 0.25) is 0 Å². The summed E-state index contributed by atoms with van der Waals surface area (Å²) in [7, 11) is 0. The van der Waals surface area contributed by atoms with Crippen LogP contribution in [-0.4, -0.2) is 33.9 Å². The summed E-state index contributed by atoms with van der Waals surface area (Å²) in [6, 6.07) is 12.6. The smallest absolute Gasteiger partial charge is 0.407 e. The van der Waals surface area contributed by atoms with Crippen molar-refractivity contribution in [3.05, 3.63) is 65.5 Å². The Bertz CT molecular complexity index is 731. The van der Waals surface area contributed by atoms with E-state index in [4.69, 9.17) is 10.00 Å². The van der Waals surface area contributed by atoms with Gasteiger partial charge in [0.1, 0.15) is 18.8 Å². The summed E-state index contributed by atoms with van der Waals surface area (Å²) in [4.78, 5) is 15.4. The van der Waals surface area contributed by atoms with E-state index < -0.39 is 18.3 Å². The van der Waals surface area contributed by atoms with Crippen LogP contribution in [0, 0.1) is 11.3 Å². The number of ether oxygens (including phenoxy) is 1.